The third-order valence-corrected chi connectivity index (χ3v) is 7.73. The molecule has 0 fully saturated rings. The summed E-state index contributed by atoms with van der Waals surface area (Å²) in [4.78, 5) is 15.7. The predicted octanol–water partition coefficient (Wildman–Crippen LogP) is 8.89. The molecule has 6 rings (SSSR count). The molecule has 1 aliphatic carbocycles. The third-order valence-electron chi connectivity index (χ3n) is 7.73. The summed E-state index contributed by atoms with van der Waals surface area (Å²) in [7, 11) is 0. The Hall–Kier alpha value is -4.91. The quantitative estimate of drug-likeness (QED) is 0.199. The lowest BCUT2D eigenvalue weighted by Gasteiger charge is -2.20. The zero-order valence-electron chi connectivity index (χ0n) is 23.2. The Kier molecular flexibility index (Phi) is 7.72. The van der Waals surface area contributed by atoms with Gasteiger partial charge in [0, 0.05) is 17.1 Å². The van der Waals surface area contributed by atoms with Gasteiger partial charge in [0.2, 0.25) is 0 Å². The van der Waals surface area contributed by atoms with Crippen molar-refractivity contribution in [1.82, 2.24) is 4.98 Å². The van der Waals surface area contributed by atoms with E-state index in [2.05, 4.69) is 4.98 Å². The first-order valence-corrected chi connectivity index (χ1v) is 14.0. The molecule has 0 amide bonds. The number of ether oxygens (including phenoxy) is 1. The van der Waals surface area contributed by atoms with Gasteiger partial charge in [0.25, 0.3) is 0 Å². The number of carbonyl (C=O) groups is 1. The molecule has 5 aromatic rings. The Morgan fingerprint density at radius 3 is 2.47 bits per heavy atom. The first kappa shape index (κ1) is 28.2. The summed E-state index contributed by atoms with van der Waals surface area (Å²) in [6.45, 7) is 0.243. The number of rotatable bonds is 8. The summed E-state index contributed by atoms with van der Waals surface area (Å²) < 4.78 is 48.1. The van der Waals surface area contributed by atoms with E-state index in [0.717, 1.165) is 57.9 Å². The third kappa shape index (κ3) is 6.02. The predicted molar refractivity (Wildman–Crippen MR) is 161 cm³/mol. The van der Waals surface area contributed by atoms with Crippen LogP contribution in [-0.2, 0) is 30.4 Å². The Morgan fingerprint density at radius 1 is 0.907 bits per heavy atom. The molecule has 0 saturated heterocycles. The van der Waals surface area contributed by atoms with Crippen molar-refractivity contribution in [3.63, 3.8) is 0 Å². The fourth-order valence-electron chi connectivity index (χ4n) is 5.85. The van der Waals surface area contributed by atoms with Crippen LogP contribution in [0.15, 0.2) is 103 Å². The molecule has 1 aliphatic rings. The molecule has 0 unspecified atom stereocenters. The maximum absolute atomic E-state index is 13.9. The monoisotopic (exact) mass is 579 g/mol. The molecule has 0 radical (unpaired) electrons. The summed E-state index contributed by atoms with van der Waals surface area (Å²) in [6.07, 6.45) is 0.960. The molecule has 0 bridgehead atoms. The van der Waals surface area contributed by atoms with Crippen LogP contribution in [-0.4, -0.2) is 16.1 Å². The van der Waals surface area contributed by atoms with E-state index >= 15 is 0 Å². The summed E-state index contributed by atoms with van der Waals surface area (Å²) in [6, 6.07) is 27.3. The van der Waals surface area contributed by atoms with Crippen LogP contribution in [0.2, 0.25) is 0 Å². The average molecular weight is 580 g/mol. The number of carboxylic acids is 1. The molecule has 0 atom stereocenters. The molecular weight excluding hydrogens is 551 g/mol. The van der Waals surface area contributed by atoms with Gasteiger partial charge in [-0.1, -0.05) is 78.9 Å². The largest absolute Gasteiger partial charge is 0.489 e. The molecule has 43 heavy (non-hydrogen) atoms. The number of benzene rings is 4. The van der Waals surface area contributed by atoms with Crippen LogP contribution in [0.25, 0.3) is 27.6 Å². The Balaban J connectivity index is 1.37. The van der Waals surface area contributed by atoms with Crippen molar-refractivity contribution in [3.05, 3.63) is 137 Å². The van der Waals surface area contributed by atoms with Crippen LogP contribution >= 0.6 is 0 Å². The van der Waals surface area contributed by atoms with Gasteiger partial charge >= 0.3 is 12.1 Å². The van der Waals surface area contributed by atoms with E-state index < -0.39 is 17.7 Å². The maximum atomic E-state index is 13.9. The summed E-state index contributed by atoms with van der Waals surface area (Å²) in [5.74, 6) is -0.173. The van der Waals surface area contributed by atoms with Gasteiger partial charge in [-0.15, -0.1) is 0 Å². The highest BCUT2D eigenvalue weighted by molar-refractivity contribution is 5.98. The zero-order valence-corrected chi connectivity index (χ0v) is 23.2. The first-order chi connectivity index (χ1) is 20.8. The molecule has 0 saturated carbocycles. The smallest absolute Gasteiger partial charge is 0.418 e. The van der Waals surface area contributed by atoms with Gasteiger partial charge in [-0.2, -0.15) is 13.2 Å². The highest BCUT2D eigenvalue weighted by atomic mass is 19.4. The average Bonchev–Trinajstić information content (AvgIpc) is 2.99. The number of carboxylic acid groups (broad SMARTS) is 1. The van der Waals surface area contributed by atoms with E-state index in [4.69, 9.17) is 4.74 Å². The Morgan fingerprint density at radius 2 is 1.67 bits per heavy atom. The molecule has 216 valence electrons. The van der Waals surface area contributed by atoms with Gasteiger partial charge in [0.05, 0.1) is 17.5 Å². The van der Waals surface area contributed by atoms with Crippen LogP contribution in [0.3, 0.4) is 0 Å². The first-order valence-electron chi connectivity index (χ1n) is 14.0. The molecule has 0 spiro atoms. The number of nitrogens with zero attached hydrogens (tertiary/aromatic N) is 1. The highest BCUT2D eigenvalue weighted by Crippen LogP contribution is 2.40. The highest BCUT2D eigenvalue weighted by Gasteiger charge is 2.33. The van der Waals surface area contributed by atoms with E-state index in [1.807, 2.05) is 78.9 Å². The number of aromatic nitrogens is 1. The SMILES string of the molecule is O=C(O)CC1=CCCc2c(OCc3cccc(-c4c(Cc5ccccc5)cnc5c(C(F)(F)F)cccc45)c3)cccc21. The van der Waals surface area contributed by atoms with Crippen molar-refractivity contribution in [2.75, 3.05) is 0 Å². The number of hydrogen-bond acceptors (Lipinski definition) is 3. The number of allylic oxidation sites excluding steroid dienone is 1. The van der Waals surface area contributed by atoms with Gasteiger partial charge in [0.15, 0.2) is 0 Å². The lowest BCUT2D eigenvalue weighted by molar-refractivity contribution is -0.137. The van der Waals surface area contributed by atoms with E-state index in [0.29, 0.717) is 23.1 Å². The number of fused-ring (bicyclic) bond motifs is 2. The minimum atomic E-state index is -4.53. The minimum Gasteiger partial charge on any atom is -0.489 e. The minimum absolute atomic E-state index is 0.0419. The molecule has 7 heteroatoms. The Labute approximate surface area is 247 Å². The van der Waals surface area contributed by atoms with Crippen molar-refractivity contribution in [2.45, 2.75) is 38.5 Å². The standard InChI is InChI=1S/C36H28F3NO3/c37-36(38,39)31-16-6-15-30-34(27(21-40-35(30)31)18-23-8-2-1-3-9-23)26-12-4-10-24(19-26)22-43-32-17-7-13-28-25(20-33(41)42)11-5-14-29(28)32/h1-4,6-13,15-17,19,21H,5,14,18,20,22H2,(H,41,42). The fraction of sp³-hybridized carbons (Fsp3) is 0.167. The second-order valence-corrected chi connectivity index (χ2v) is 10.6. The normalized spacial score (nSPS) is 13.0. The van der Waals surface area contributed by atoms with Crippen molar-refractivity contribution in [3.8, 4) is 16.9 Å². The van der Waals surface area contributed by atoms with Crippen molar-refractivity contribution < 1.29 is 27.8 Å². The fourth-order valence-corrected chi connectivity index (χ4v) is 5.85. The van der Waals surface area contributed by atoms with Crippen molar-refractivity contribution in [1.29, 1.82) is 0 Å². The summed E-state index contributed by atoms with van der Waals surface area (Å²) in [5.41, 5.74) is 6.03. The van der Waals surface area contributed by atoms with Crippen LogP contribution in [0, 0.1) is 0 Å². The van der Waals surface area contributed by atoms with E-state index in [-0.39, 0.29) is 18.5 Å². The topological polar surface area (TPSA) is 59.4 Å². The lowest BCUT2D eigenvalue weighted by Crippen LogP contribution is -2.08. The molecule has 1 aromatic heterocycles. The molecular formula is C36H28F3NO3. The van der Waals surface area contributed by atoms with Gasteiger partial charge in [-0.3, -0.25) is 9.78 Å². The second-order valence-electron chi connectivity index (χ2n) is 10.6. The number of aliphatic carboxylic acids is 1. The maximum Gasteiger partial charge on any atom is 0.418 e. The van der Waals surface area contributed by atoms with Crippen LogP contribution < -0.4 is 4.74 Å². The molecule has 0 aliphatic heterocycles. The zero-order chi connectivity index (χ0) is 30.0. The van der Waals surface area contributed by atoms with Crippen molar-refractivity contribution >= 4 is 22.4 Å². The second kappa shape index (κ2) is 11.8. The number of halogens is 3. The number of para-hydroxylation sites is 1. The summed E-state index contributed by atoms with van der Waals surface area (Å²) >= 11 is 0. The Bertz CT molecular complexity index is 1840. The van der Waals surface area contributed by atoms with E-state index in [9.17, 15) is 23.1 Å². The molecule has 1 N–H and O–H groups in total. The van der Waals surface area contributed by atoms with Gasteiger partial charge in [0.1, 0.15) is 12.4 Å². The summed E-state index contributed by atoms with van der Waals surface area (Å²) in [5, 5.41) is 9.76. The van der Waals surface area contributed by atoms with Crippen LogP contribution in [0.1, 0.15) is 46.2 Å². The van der Waals surface area contributed by atoms with Crippen molar-refractivity contribution in [2.24, 2.45) is 0 Å². The lowest BCUT2D eigenvalue weighted by atomic mass is 9.88. The van der Waals surface area contributed by atoms with E-state index in [1.54, 1.807) is 12.3 Å². The van der Waals surface area contributed by atoms with Crippen LogP contribution in [0.4, 0.5) is 13.2 Å². The molecule has 4 nitrogen and oxygen atoms in total. The van der Waals surface area contributed by atoms with E-state index in [1.165, 1.54) is 6.07 Å². The van der Waals surface area contributed by atoms with Gasteiger partial charge < -0.3 is 9.84 Å². The van der Waals surface area contributed by atoms with Gasteiger partial charge in [-0.05, 0) is 76.4 Å². The number of hydrogen-bond donors (Lipinski definition) is 1. The molecule has 1 heterocycles. The van der Waals surface area contributed by atoms with Crippen LogP contribution in [0.5, 0.6) is 5.75 Å². The number of pyridine rings is 1. The molecule has 4 aromatic carbocycles. The van der Waals surface area contributed by atoms with Gasteiger partial charge in [-0.25, -0.2) is 0 Å². The number of alkyl halides is 3.